The highest BCUT2D eigenvalue weighted by Gasteiger charge is 2.34. The van der Waals surface area contributed by atoms with E-state index in [1.807, 2.05) is 62.3 Å². The van der Waals surface area contributed by atoms with E-state index < -0.39 is 27.6 Å². The van der Waals surface area contributed by atoms with Gasteiger partial charge in [-0.3, -0.25) is 14.4 Å². The fourth-order valence-electron chi connectivity index (χ4n) is 5.87. The van der Waals surface area contributed by atoms with Gasteiger partial charge in [-0.2, -0.15) is 0 Å². The molecule has 3 rings (SSSR count). The first-order valence-corrected chi connectivity index (χ1v) is 20.7. The van der Waals surface area contributed by atoms with Gasteiger partial charge < -0.3 is 43.5 Å². The molecule has 0 aromatic heterocycles. The highest BCUT2D eigenvalue weighted by atomic mass is 79.9. The van der Waals surface area contributed by atoms with Crippen LogP contribution in [-0.4, -0.2) is 136 Å². The Kier molecular flexibility index (Phi) is 20.8. The smallest absolute Gasteiger partial charge is 0.410 e. The van der Waals surface area contributed by atoms with Crippen LogP contribution < -0.4 is 0 Å². The Morgan fingerprint density at radius 3 is 1.15 bits per heavy atom. The van der Waals surface area contributed by atoms with Gasteiger partial charge in [0.15, 0.2) is 0 Å². The molecule has 0 aromatic rings. The second kappa shape index (κ2) is 22.8. The number of esters is 2. The highest BCUT2D eigenvalue weighted by molar-refractivity contribution is 9.10. The van der Waals surface area contributed by atoms with E-state index in [4.69, 9.17) is 24.1 Å². The summed E-state index contributed by atoms with van der Waals surface area (Å²) in [5.41, 5.74) is -1.43. The fraction of sp³-hybridized carbons (Fsp3) is 0.842. The maximum Gasteiger partial charge on any atom is 0.410 e. The third-order valence-corrected chi connectivity index (χ3v) is 11.1. The molecule has 1 N–H and O–H groups in total. The molecule has 0 saturated carbocycles. The van der Waals surface area contributed by atoms with E-state index in [-0.39, 0.29) is 46.9 Å². The lowest BCUT2D eigenvalue weighted by atomic mass is 9.94. The standard InChI is InChI=1S/C13H22BrNO4.C13H23NO4.C12H20BrNO4/c1-13(2,3)19-12(17)15-7-5-9(6-8-15)10(14)11(16)18-4;1-13(2,3)18-12(16)14-7-5-10(6-8-14)9-11(15)17-4;1-12(2,3)18-11(17)14-6-4-8(5-7-14)9(13)10(15)16/h9-10H,5-8H2,1-4H3;10H,5-9H2,1-4H3;8-9H,4-7H2,1-3H3,(H,15,16). The molecule has 318 valence electrons. The summed E-state index contributed by atoms with van der Waals surface area (Å²) in [4.78, 5) is 73.2. The van der Waals surface area contributed by atoms with Gasteiger partial charge in [-0.25, -0.2) is 14.4 Å². The second-order valence-corrected chi connectivity index (χ2v) is 18.9. The number of methoxy groups -OCH3 is 2. The Bertz CT molecular complexity index is 1250. The van der Waals surface area contributed by atoms with Crippen molar-refractivity contribution in [3.8, 4) is 0 Å². The largest absolute Gasteiger partial charge is 0.480 e. The molecule has 0 spiro atoms. The van der Waals surface area contributed by atoms with E-state index in [1.165, 1.54) is 14.2 Å². The van der Waals surface area contributed by atoms with Crippen LogP contribution in [0, 0.1) is 17.8 Å². The summed E-state index contributed by atoms with van der Waals surface area (Å²) in [6.45, 7) is 20.2. The summed E-state index contributed by atoms with van der Waals surface area (Å²) in [7, 11) is 2.78. The average molecular weight is 916 g/mol. The summed E-state index contributed by atoms with van der Waals surface area (Å²) in [5.74, 6) is -0.685. The number of carbonyl (C=O) groups is 6. The molecule has 0 aromatic carbocycles. The van der Waals surface area contributed by atoms with Crippen LogP contribution in [0.1, 0.15) is 107 Å². The number of amides is 3. The number of piperidine rings is 3. The predicted molar refractivity (Wildman–Crippen MR) is 213 cm³/mol. The van der Waals surface area contributed by atoms with Crippen molar-refractivity contribution >= 4 is 68.0 Å². The molecule has 15 nitrogen and oxygen atoms in total. The first-order valence-electron chi connectivity index (χ1n) is 18.9. The molecule has 3 heterocycles. The number of aliphatic carboxylic acids is 1. The summed E-state index contributed by atoms with van der Waals surface area (Å²) in [6.07, 6.45) is 4.13. The van der Waals surface area contributed by atoms with Crippen molar-refractivity contribution in [2.45, 2.75) is 134 Å². The third kappa shape index (κ3) is 20.3. The van der Waals surface area contributed by atoms with Gasteiger partial charge in [0.05, 0.1) is 14.2 Å². The van der Waals surface area contributed by atoms with Gasteiger partial charge in [-0.1, -0.05) is 31.9 Å². The van der Waals surface area contributed by atoms with Crippen molar-refractivity contribution in [3.63, 3.8) is 0 Å². The minimum absolute atomic E-state index is 0.0705. The minimum atomic E-state index is -0.842. The number of carbonyl (C=O) groups excluding carboxylic acids is 5. The third-order valence-electron chi connectivity index (χ3n) is 8.82. The van der Waals surface area contributed by atoms with Crippen LogP contribution in [0.15, 0.2) is 0 Å². The molecule has 3 amide bonds. The zero-order chi connectivity index (χ0) is 42.3. The first kappa shape index (κ1) is 50.2. The normalized spacial score (nSPS) is 18.6. The van der Waals surface area contributed by atoms with Gasteiger partial charge in [0.1, 0.15) is 26.5 Å². The topological polar surface area (TPSA) is 179 Å². The number of hydrogen-bond donors (Lipinski definition) is 1. The summed E-state index contributed by atoms with van der Waals surface area (Å²) in [6, 6.07) is 0. The molecule has 3 saturated heterocycles. The van der Waals surface area contributed by atoms with E-state index in [1.54, 1.807) is 14.7 Å². The number of hydrogen-bond acceptors (Lipinski definition) is 11. The van der Waals surface area contributed by atoms with Crippen LogP contribution in [0.5, 0.6) is 0 Å². The molecule has 0 bridgehead atoms. The Labute approximate surface area is 344 Å². The van der Waals surface area contributed by atoms with E-state index in [9.17, 15) is 28.8 Å². The van der Waals surface area contributed by atoms with Gasteiger partial charge >= 0.3 is 36.2 Å². The molecule has 0 radical (unpaired) electrons. The molecule has 3 aliphatic heterocycles. The van der Waals surface area contributed by atoms with Crippen molar-refractivity contribution in [2.75, 3.05) is 53.5 Å². The molecule has 2 unspecified atom stereocenters. The molecule has 3 aliphatic rings. The van der Waals surface area contributed by atoms with E-state index in [2.05, 4.69) is 36.6 Å². The SMILES string of the molecule is CC(C)(C)OC(=O)N1CCC(C(Br)C(=O)O)CC1.COC(=O)C(Br)C1CCN(C(=O)OC(C)(C)C)CC1.COC(=O)CC1CCN(C(=O)OC(C)(C)C)CC1. The van der Waals surface area contributed by atoms with Crippen molar-refractivity contribution in [1.29, 1.82) is 0 Å². The monoisotopic (exact) mass is 913 g/mol. The average Bonchev–Trinajstić information content (AvgIpc) is 3.09. The van der Waals surface area contributed by atoms with Crippen LogP contribution in [0.2, 0.25) is 0 Å². The van der Waals surface area contributed by atoms with Gasteiger partial charge in [-0.05, 0) is 119 Å². The molecule has 17 heteroatoms. The Balaban J connectivity index is 0.000000413. The number of carboxylic acid groups (broad SMARTS) is 1. The van der Waals surface area contributed by atoms with E-state index >= 15 is 0 Å². The molecular formula is C38H65Br2N3O12. The summed E-state index contributed by atoms with van der Waals surface area (Å²) in [5, 5.41) is 8.91. The molecule has 3 fully saturated rings. The quantitative estimate of drug-likeness (QED) is 0.161. The van der Waals surface area contributed by atoms with Crippen molar-refractivity contribution < 1.29 is 57.6 Å². The zero-order valence-electron chi connectivity index (χ0n) is 34.6. The van der Waals surface area contributed by atoms with Crippen molar-refractivity contribution in [2.24, 2.45) is 17.8 Å². The van der Waals surface area contributed by atoms with Gasteiger partial charge in [0, 0.05) is 45.7 Å². The minimum Gasteiger partial charge on any atom is -0.480 e. The second-order valence-electron chi connectivity index (χ2n) is 17.0. The van der Waals surface area contributed by atoms with Crippen molar-refractivity contribution in [1.82, 2.24) is 14.7 Å². The van der Waals surface area contributed by atoms with E-state index in [0.717, 1.165) is 25.7 Å². The van der Waals surface area contributed by atoms with Crippen LogP contribution in [-0.2, 0) is 38.1 Å². The number of alkyl halides is 2. The predicted octanol–water partition coefficient (Wildman–Crippen LogP) is 7.25. The number of halogens is 2. The van der Waals surface area contributed by atoms with Gasteiger partial charge in [-0.15, -0.1) is 0 Å². The molecular weight excluding hydrogens is 850 g/mol. The fourth-order valence-corrected chi connectivity index (χ4v) is 7.12. The zero-order valence-corrected chi connectivity index (χ0v) is 37.8. The molecule has 0 aliphatic carbocycles. The van der Waals surface area contributed by atoms with Crippen LogP contribution in [0.3, 0.4) is 0 Å². The lowest BCUT2D eigenvalue weighted by Crippen LogP contribution is -2.44. The van der Waals surface area contributed by atoms with E-state index in [0.29, 0.717) is 64.4 Å². The molecule has 55 heavy (non-hydrogen) atoms. The van der Waals surface area contributed by atoms with Crippen LogP contribution in [0.4, 0.5) is 14.4 Å². The Morgan fingerprint density at radius 1 is 0.564 bits per heavy atom. The Hall–Kier alpha value is -2.82. The maximum atomic E-state index is 11.9. The molecule has 2 atom stereocenters. The lowest BCUT2D eigenvalue weighted by molar-refractivity contribution is -0.142. The summed E-state index contributed by atoms with van der Waals surface area (Å²) < 4.78 is 25.3. The lowest BCUT2D eigenvalue weighted by Gasteiger charge is -2.34. The van der Waals surface area contributed by atoms with Gasteiger partial charge in [0.25, 0.3) is 0 Å². The first-order chi connectivity index (χ1) is 25.3. The number of rotatable bonds is 6. The van der Waals surface area contributed by atoms with Crippen LogP contribution in [0.25, 0.3) is 0 Å². The number of ether oxygens (including phenoxy) is 5. The number of nitrogens with zero attached hydrogens (tertiary/aromatic N) is 3. The highest BCUT2D eigenvalue weighted by Crippen LogP contribution is 2.28. The summed E-state index contributed by atoms with van der Waals surface area (Å²) >= 11 is 6.54. The maximum absolute atomic E-state index is 11.9. The van der Waals surface area contributed by atoms with Crippen molar-refractivity contribution in [3.05, 3.63) is 0 Å². The Morgan fingerprint density at radius 2 is 0.873 bits per heavy atom. The number of likely N-dealkylation sites (tertiary alicyclic amines) is 3. The van der Waals surface area contributed by atoms with Gasteiger partial charge in [0.2, 0.25) is 0 Å². The number of carboxylic acids is 1. The van der Waals surface area contributed by atoms with Crippen LogP contribution >= 0.6 is 31.9 Å².